The minimum absolute atomic E-state index is 0.0654. The van der Waals surface area contributed by atoms with Crippen molar-refractivity contribution in [2.45, 2.75) is 360 Å². The third-order valence-electron chi connectivity index (χ3n) is 18.7. The molecule has 0 spiro atoms. The van der Waals surface area contributed by atoms with E-state index in [1.54, 1.807) is 0 Å². The normalized spacial score (nSPS) is 14.8. The molecular formula is C101H164O16P2. The lowest BCUT2D eigenvalue weighted by molar-refractivity contribution is -0.161. The van der Waals surface area contributed by atoms with E-state index in [0.717, 1.165) is 199 Å². The zero-order valence-electron chi connectivity index (χ0n) is 74.2. The average Bonchev–Trinajstić information content (AvgIpc) is 0.905. The predicted octanol–water partition coefficient (Wildman–Crippen LogP) is 28.5. The van der Waals surface area contributed by atoms with Crippen LogP contribution in [0.3, 0.4) is 0 Å². The van der Waals surface area contributed by atoms with Crippen LogP contribution in [0.4, 0.5) is 0 Å². The summed E-state index contributed by atoms with van der Waals surface area (Å²) in [4.78, 5) is 59.0. The molecular weight excluding hydrogens is 1530 g/mol. The van der Waals surface area contributed by atoms with Crippen LogP contribution < -0.4 is 0 Å². The van der Waals surface area contributed by atoms with Gasteiger partial charge in [0, 0.05) is 19.3 Å². The number of allylic oxidation sites excluding steroid dienone is 36. The van der Waals surface area contributed by atoms with E-state index in [0.29, 0.717) is 19.3 Å². The van der Waals surface area contributed by atoms with E-state index in [1.807, 2.05) is 0 Å². The van der Waals surface area contributed by atoms with Crippen molar-refractivity contribution in [3.63, 3.8) is 0 Å². The first-order chi connectivity index (χ1) is 58.2. The Kier molecular flexibility index (Phi) is 86.4. The second-order valence-corrected chi connectivity index (χ2v) is 32.9. The van der Waals surface area contributed by atoms with Crippen LogP contribution in [0.5, 0.6) is 0 Å². The summed E-state index contributed by atoms with van der Waals surface area (Å²) < 4.78 is 61.5. The van der Waals surface area contributed by atoms with Gasteiger partial charge in [-0.1, -0.05) is 368 Å². The van der Waals surface area contributed by atoms with Gasteiger partial charge < -0.3 is 34.2 Å². The molecule has 0 aliphatic heterocycles. The fourth-order valence-electron chi connectivity index (χ4n) is 11.8. The maximum Gasteiger partial charge on any atom is 0.472 e. The largest absolute Gasteiger partial charge is 0.472 e. The Morgan fingerprint density at radius 1 is 0.235 bits per heavy atom. The number of rotatable bonds is 85. The molecule has 0 heterocycles. The van der Waals surface area contributed by atoms with E-state index in [9.17, 15) is 43.5 Å². The SMILES string of the molecule is CC/C=C\C/C=C\C/C=C\C/C=C\C/C=C\C/C=C\CCCCCCCCCCCCCCC(=O)OCC(O)COP(=O)(O)OCC(O)COP(=O)(O)OCC(COC(=O)CCCCCCCCCCCC/C=C\C/C=C\C/C=C\C/C=C\C/C=C\C/C=C\CC)OC(=O)CCCCCC/C=C\C/C=C\C/C=C\C/C=C\C/C=C\C/C=C\CC. The number of esters is 3. The molecule has 0 aromatic carbocycles. The molecule has 0 aromatic heterocycles. The highest BCUT2D eigenvalue weighted by Crippen LogP contribution is 2.45. The molecule has 0 rings (SSSR count). The summed E-state index contributed by atoms with van der Waals surface area (Å²) >= 11 is 0. The van der Waals surface area contributed by atoms with E-state index in [-0.39, 0.29) is 19.3 Å². The Hall–Kier alpha value is -6.13. The molecule has 0 saturated carbocycles. The van der Waals surface area contributed by atoms with Crippen molar-refractivity contribution < 1.29 is 75.8 Å². The van der Waals surface area contributed by atoms with Gasteiger partial charge in [-0.3, -0.25) is 32.5 Å². The molecule has 0 radical (unpaired) electrons. The molecule has 0 aliphatic rings. The van der Waals surface area contributed by atoms with Gasteiger partial charge in [0.2, 0.25) is 0 Å². The van der Waals surface area contributed by atoms with Crippen LogP contribution in [0.2, 0.25) is 0 Å². The Labute approximate surface area is 723 Å². The van der Waals surface area contributed by atoms with Crippen molar-refractivity contribution in [3.05, 3.63) is 219 Å². The number of aliphatic hydroxyl groups is 2. The second kappa shape index (κ2) is 91.1. The molecule has 0 amide bonds. The van der Waals surface area contributed by atoms with E-state index in [2.05, 4.69) is 240 Å². The molecule has 0 saturated heterocycles. The van der Waals surface area contributed by atoms with Crippen molar-refractivity contribution >= 4 is 33.6 Å². The van der Waals surface area contributed by atoms with E-state index >= 15 is 0 Å². The van der Waals surface area contributed by atoms with Gasteiger partial charge in [0.1, 0.15) is 25.4 Å². The van der Waals surface area contributed by atoms with Gasteiger partial charge in [0.05, 0.1) is 26.4 Å². The summed E-state index contributed by atoms with van der Waals surface area (Å²) in [5, 5.41) is 20.7. The van der Waals surface area contributed by atoms with Gasteiger partial charge in [-0.15, -0.1) is 0 Å². The third-order valence-corrected chi connectivity index (χ3v) is 20.6. The van der Waals surface area contributed by atoms with Crippen molar-refractivity contribution in [3.8, 4) is 0 Å². The van der Waals surface area contributed by atoms with Gasteiger partial charge in [-0.05, 0) is 173 Å². The molecule has 0 aromatic rings. The average molecular weight is 1700 g/mol. The second-order valence-electron chi connectivity index (χ2n) is 30.0. The minimum atomic E-state index is -4.96. The third kappa shape index (κ3) is 92.4. The molecule has 0 aliphatic carbocycles. The summed E-state index contributed by atoms with van der Waals surface area (Å²) in [5.41, 5.74) is 0. The van der Waals surface area contributed by atoms with Gasteiger partial charge in [-0.25, -0.2) is 9.13 Å². The van der Waals surface area contributed by atoms with Crippen LogP contribution in [0.25, 0.3) is 0 Å². The summed E-state index contributed by atoms with van der Waals surface area (Å²) in [6, 6.07) is 0. The zero-order chi connectivity index (χ0) is 86.5. The van der Waals surface area contributed by atoms with Crippen molar-refractivity contribution in [2.75, 3.05) is 39.6 Å². The number of phosphoric ester groups is 2. The number of unbranched alkanes of at least 4 members (excludes halogenated alkanes) is 26. The first-order valence-electron chi connectivity index (χ1n) is 46.0. The van der Waals surface area contributed by atoms with Crippen LogP contribution >= 0.6 is 15.6 Å². The van der Waals surface area contributed by atoms with Gasteiger partial charge >= 0.3 is 33.6 Å². The highest BCUT2D eigenvalue weighted by atomic mass is 31.2. The Morgan fingerprint density at radius 2 is 0.420 bits per heavy atom. The topological polar surface area (TPSA) is 231 Å². The highest BCUT2D eigenvalue weighted by molar-refractivity contribution is 7.47. The van der Waals surface area contributed by atoms with E-state index in [4.69, 9.17) is 32.3 Å². The molecule has 5 atom stereocenters. The maximum atomic E-state index is 13.1. The monoisotopic (exact) mass is 1700 g/mol. The molecule has 5 unspecified atom stereocenters. The first kappa shape index (κ1) is 113. The fraction of sp³-hybridized carbons (Fsp3) is 0.614. The molecule has 4 N–H and O–H groups in total. The number of aliphatic hydroxyl groups excluding tert-OH is 2. The summed E-state index contributed by atoms with van der Waals surface area (Å²) in [6.07, 6.45) is 124. The molecule has 119 heavy (non-hydrogen) atoms. The van der Waals surface area contributed by atoms with Gasteiger partial charge in [0.15, 0.2) is 6.10 Å². The number of carbonyl (C=O) groups excluding carboxylic acids is 3. The van der Waals surface area contributed by atoms with E-state index < -0.39 is 91.5 Å². The smallest absolute Gasteiger partial charge is 0.463 e. The van der Waals surface area contributed by atoms with Crippen molar-refractivity contribution in [1.29, 1.82) is 0 Å². The van der Waals surface area contributed by atoms with Crippen LogP contribution in [-0.2, 0) is 55.8 Å². The fourth-order valence-corrected chi connectivity index (χ4v) is 13.4. The van der Waals surface area contributed by atoms with Gasteiger partial charge in [0.25, 0.3) is 0 Å². The van der Waals surface area contributed by atoms with Crippen molar-refractivity contribution in [1.82, 2.24) is 0 Å². The van der Waals surface area contributed by atoms with Crippen LogP contribution in [0.15, 0.2) is 219 Å². The Bertz CT molecular complexity index is 3040. The summed E-state index contributed by atoms with van der Waals surface area (Å²) in [7, 11) is -9.83. The molecule has 16 nitrogen and oxygen atoms in total. The molecule has 18 heteroatoms. The standard InChI is InChI=1S/C101H164O16P2/c1-4-7-10-13-16-19-22-25-28-31-34-37-40-42-44-46-47-49-51-52-55-57-60-63-66-69-72-75-78-81-84-87-99(104)111-90-96(102)91-113-118(107,108)114-92-97(103)93-115-119(109,110)116-95-98(117-101(106)89-86-83-80-77-74-71-68-65-62-59-54-39-36-33-30-27-24-21-18-15-12-9-6-3)94-112-100(105)88-85-82-79-76-73-70-67-64-61-58-56-53-50-48-45-43-41-38-35-32-29-26-23-20-17-14-11-8-5-2/h7-12,16-21,25-30,34-39,42-45,47,49-50,53,59,62,68,71,96-98,102-103H,4-6,13-15,22-24,31-33,40-41,46,48,51-52,54-58,60-61,63-67,69-70,72-95H2,1-3H3,(H,107,108)(H,109,110)/b10-7-,11-8-,12-9-,19-16-,20-17-,21-18-,28-25-,29-26-,30-27-,37-34-,38-35-,39-36-,44-42-,45-43-,49-47-,53-50-,62-59-,71-68-. The van der Waals surface area contributed by atoms with E-state index in [1.165, 1.54) is 83.5 Å². The molecule has 0 fully saturated rings. The number of carbonyl (C=O) groups is 3. The lowest BCUT2D eigenvalue weighted by Crippen LogP contribution is -2.30. The summed E-state index contributed by atoms with van der Waals surface area (Å²) in [5.74, 6) is -1.62. The summed E-state index contributed by atoms with van der Waals surface area (Å²) in [6.45, 7) is 2.31. The molecule has 674 valence electrons. The first-order valence-corrected chi connectivity index (χ1v) is 49.0. The number of hydrogen-bond donors (Lipinski definition) is 4. The minimum Gasteiger partial charge on any atom is -0.463 e. The Morgan fingerprint density at radius 3 is 0.664 bits per heavy atom. The van der Waals surface area contributed by atoms with Crippen LogP contribution in [0.1, 0.15) is 342 Å². The quantitative estimate of drug-likeness (QED) is 0.0146. The predicted molar refractivity (Wildman–Crippen MR) is 500 cm³/mol. The molecule has 0 bridgehead atoms. The zero-order valence-corrected chi connectivity index (χ0v) is 76.0. The number of hydrogen-bond acceptors (Lipinski definition) is 14. The lowest BCUT2D eigenvalue weighted by Gasteiger charge is -2.21. The maximum absolute atomic E-state index is 13.1. The van der Waals surface area contributed by atoms with Gasteiger partial charge in [-0.2, -0.15) is 0 Å². The Balaban J connectivity index is 4.68. The van der Waals surface area contributed by atoms with Crippen molar-refractivity contribution in [2.24, 2.45) is 0 Å². The van der Waals surface area contributed by atoms with Crippen LogP contribution in [-0.4, -0.2) is 95.9 Å². The van der Waals surface area contributed by atoms with Crippen LogP contribution in [0, 0.1) is 0 Å². The number of ether oxygens (including phenoxy) is 3. The lowest BCUT2D eigenvalue weighted by atomic mass is 10.0. The number of phosphoric acid groups is 2. The highest BCUT2D eigenvalue weighted by Gasteiger charge is 2.29.